The Balaban J connectivity index is 1.47. The number of nitrogens with zero attached hydrogens (tertiary/aromatic N) is 2. The van der Waals surface area contributed by atoms with Crippen LogP contribution in [0, 0.1) is 17.6 Å². The minimum atomic E-state index is -4.07. The molecule has 0 spiro atoms. The molecule has 156 valence electrons. The quantitative estimate of drug-likeness (QED) is 0.673. The van der Waals surface area contributed by atoms with E-state index >= 15 is 0 Å². The minimum Gasteiger partial charge on any atom is -0.298 e. The van der Waals surface area contributed by atoms with Gasteiger partial charge in [0.15, 0.2) is 0 Å². The number of hydrogen-bond donors (Lipinski definition) is 0. The fourth-order valence-electron chi connectivity index (χ4n) is 4.31. The van der Waals surface area contributed by atoms with Gasteiger partial charge in [-0.1, -0.05) is 35.9 Å². The highest BCUT2D eigenvalue weighted by Crippen LogP contribution is 2.29. The molecule has 0 radical (unpaired) electrons. The summed E-state index contributed by atoms with van der Waals surface area (Å²) in [5.41, 5.74) is 2.70. The molecular formula is C21H23ClF2N2O2S. The van der Waals surface area contributed by atoms with E-state index in [1.54, 1.807) is 0 Å². The molecule has 4 rings (SSSR count). The number of sulfonamides is 1. The van der Waals surface area contributed by atoms with E-state index in [1.165, 1.54) is 15.4 Å². The largest absolute Gasteiger partial charge is 0.298 e. The summed E-state index contributed by atoms with van der Waals surface area (Å²) >= 11 is 5.70. The molecule has 0 amide bonds. The van der Waals surface area contributed by atoms with Gasteiger partial charge in [-0.15, -0.1) is 0 Å². The molecule has 1 atom stereocenters. The molecule has 2 aromatic rings. The lowest BCUT2D eigenvalue weighted by Crippen LogP contribution is -2.44. The molecule has 2 aliphatic heterocycles. The monoisotopic (exact) mass is 440 g/mol. The molecule has 1 unspecified atom stereocenters. The van der Waals surface area contributed by atoms with Gasteiger partial charge < -0.3 is 0 Å². The van der Waals surface area contributed by atoms with Crippen molar-refractivity contribution in [2.75, 3.05) is 26.2 Å². The molecule has 4 nitrogen and oxygen atoms in total. The van der Waals surface area contributed by atoms with Crippen molar-refractivity contribution in [3.8, 4) is 0 Å². The van der Waals surface area contributed by atoms with Crippen molar-refractivity contribution in [1.29, 1.82) is 0 Å². The Morgan fingerprint density at radius 2 is 1.83 bits per heavy atom. The summed E-state index contributed by atoms with van der Waals surface area (Å²) in [4.78, 5) is 1.80. The average Bonchev–Trinajstić information content (AvgIpc) is 2.71. The molecule has 0 saturated carbocycles. The summed E-state index contributed by atoms with van der Waals surface area (Å²) in [6.07, 6.45) is 2.63. The fraction of sp³-hybridized carbons (Fsp3) is 0.429. The first-order chi connectivity index (χ1) is 13.8. The van der Waals surface area contributed by atoms with Crippen LogP contribution in [0.4, 0.5) is 8.78 Å². The maximum atomic E-state index is 14.2. The van der Waals surface area contributed by atoms with E-state index in [9.17, 15) is 17.2 Å². The highest BCUT2D eigenvalue weighted by Gasteiger charge is 2.33. The van der Waals surface area contributed by atoms with Crippen LogP contribution in [0.2, 0.25) is 5.02 Å². The lowest BCUT2D eigenvalue weighted by molar-refractivity contribution is 0.167. The second kappa shape index (κ2) is 8.30. The van der Waals surface area contributed by atoms with Crippen molar-refractivity contribution >= 4 is 21.6 Å². The summed E-state index contributed by atoms with van der Waals surface area (Å²) in [6, 6.07) is 9.79. The van der Waals surface area contributed by atoms with Crippen LogP contribution in [-0.2, 0) is 23.0 Å². The van der Waals surface area contributed by atoms with Crippen LogP contribution in [-0.4, -0.2) is 43.8 Å². The van der Waals surface area contributed by atoms with Gasteiger partial charge in [0.1, 0.15) is 16.5 Å². The number of fused-ring (bicyclic) bond motifs is 1. The zero-order chi connectivity index (χ0) is 20.6. The first-order valence-corrected chi connectivity index (χ1v) is 11.6. The molecule has 8 heteroatoms. The van der Waals surface area contributed by atoms with E-state index in [-0.39, 0.29) is 5.92 Å². The van der Waals surface area contributed by atoms with Gasteiger partial charge >= 0.3 is 0 Å². The summed E-state index contributed by atoms with van der Waals surface area (Å²) in [7, 11) is -4.07. The van der Waals surface area contributed by atoms with Crippen LogP contribution < -0.4 is 0 Å². The highest BCUT2D eigenvalue weighted by atomic mass is 35.5. The van der Waals surface area contributed by atoms with Gasteiger partial charge in [0.05, 0.1) is 5.02 Å². The second-order valence-electron chi connectivity index (χ2n) is 7.82. The molecule has 2 aromatic carbocycles. The molecule has 2 heterocycles. The molecule has 1 saturated heterocycles. The van der Waals surface area contributed by atoms with E-state index in [0.717, 1.165) is 38.5 Å². The van der Waals surface area contributed by atoms with E-state index in [4.69, 9.17) is 11.6 Å². The lowest BCUT2D eigenvalue weighted by atomic mass is 9.95. The van der Waals surface area contributed by atoms with Crippen LogP contribution in [0.3, 0.4) is 0 Å². The number of halogens is 3. The van der Waals surface area contributed by atoms with Gasteiger partial charge in [-0.3, -0.25) is 4.90 Å². The summed E-state index contributed by atoms with van der Waals surface area (Å²) in [5.74, 6) is -1.91. The predicted molar refractivity (Wildman–Crippen MR) is 108 cm³/mol. The highest BCUT2D eigenvalue weighted by molar-refractivity contribution is 7.89. The SMILES string of the molecule is O=S(=O)(c1cc(Cl)c(F)cc1F)N1CCCC(CN2CCc3ccccc3C2)C1. The Bertz CT molecular complexity index is 1020. The van der Waals surface area contributed by atoms with Gasteiger partial charge in [0.2, 0.25) is 10.0 Å². The Kier molecular flexibility index (Phi) is 5.93. The lowest BCUT2D eigenvalue weighted by Gasteiger charge is -2.36. The molecular weight excluding hydrogens is 418 g/mol. The number of piperidine rings is 1. The number of benzene rings is 2. The van der Waals surface area contributed by atoms with E-state index in [2.05, 4.69) is 23.1 Å². The summed E-state index contributed by atoms with van der Waals surface area (Å²) in [6.45, 7) is 3.27. The number of hydrogen-bond acceptors (Lipinski definition) is 3. The predicted octanol–water partition coefficient (Wildman–Crippen LogP) is 4.08. The normalized spacial score (nSPS) is 21.1. The Morgan fingerprint density at radius 1 is 1.07 bits per heavy atom. The Labute approximate surface area is 175 Å². The summed E-state index contributed by atoms with van der Waals surface area (Å²) < 4.78 is 54.9. The molecule has 1 fully saturated rings. The first kappa shape index (κ1) is 20.7. The van der Waals surface area contributed by atoms with Crippen molar-refractivity contribution in [2.45, 2.75) is 30.7 Å². The van der Waals surface area contributed by atoms with E-state index < -0.39 is 31.6 Å². The van der Waals surface area contributed by atoms with Gasteiger partial charge in [-0.2, -0.15) is 4.31 Å². The molecule has 2 aliphatic rings. The zero-order valence-electron chi connectivity index (χ0n) is 16.0. The molecule has 0 bridgehead atoms. The Hall–Kier alpha value is -1.54. The van der Waals surface area contributed by atoms with Crippen molar-refractivity contribution in [1.82, 2.24) is 9.21 Å². The third-order valence-electron chi connectivity index (χ3n) is 5.80. The smallest absolute Gasteiger partial charge is 0.246 e. The van der Waals surface area contributed by atoms with Crippen molar-refractivity contribution in [2.24, 2.45) is 5.92 Å². The van der Waals surface area contributed by atoms with Gasteiger partial charge in [0, 0.05) is 38.8 Å². The fourth-order valence-corrected chi connectivity index (χ4v) is 6.17. The second-order valence-corrected chi connectivity index (χ2v) is 10.1. The topological polar surface area (TPSA) is 40.6 Å². The number of rotatable bonds is 4. The summed E-state index contributed by atoms with van der Waals surface area (Å²) in [5, 5.41) is -0.398. The third kappa shape index (κ3) is 4.33. The van der Waals surface area contributed by atoms with Crippen LogP contribution in [0.1, 0.15) is 24.0 Å². The first-order valence-electron chi connectivity index (χ1n) is 9.78. The molecule has 0 N–H and O–H groups in total. The maximum Gasteiger partial charge on any atom is 0.246 e. The third-order valence-corrected chi connectivity index (χ3v) is 7.97. The Morgan fingerprint density at radius 3 is 2.62 bits per heavy atom. The van der Waals surface area contributed by atoms with Crippen LogP contribution in [0.5, 0.6) is 0 Å². The van der Waals surface area contributed by atoms with Crippen LogP contribution in [0.25, 0.3) is 0 Å². The van der Waals surface area contributed by atoms with Gasteiger partial charge in [0.25, 0.3) is 0 Å². The maximum absolute atomic E-state index is 14.2. The van der Waals surface area contributed by atoms with Crippen molar-refractivity contribution in [3.05, 3.63) is 64.2 Å². The standard InChI is InChI=1S/C21H23ClF2N2O2S/c22-18-10-21(20(24)11-19(18)23)29(27,28)26-8-3-4-15(13-26)12-25-9-7-16-5-1-2-6-17(16)14-25/h1-2,5-6,10-11,15H,3-4,7-9,12-14H2. The van der Waals surface area contributed by atoms with Crippen molar-refractivity contribution < 1.29 is 17.2 Å². The van der Waals surface area contributed by atoms with Gasteiger partial charge in [-0.25, -0.2) is 17.2 Å². The average molecular weight is 441 g/mol. The van der Waals surface area contributed by atoms with Crippen LogP contribution >= 0.6 is 11.6 Å². The van der Waals surface area contributed by atoms with Crippen LogP contribution in [0.15, 0.2) is 41.3 Å². The van der Waals surface area contributed by atoms with Crippen molar-refractivity contribution in [3.63, 3.8) is 0 Å². The van der Waals surface area contributed by atoms with E-state index in [1.807, 2.05) is 6.07 Å². The molecule has 0 aromatic heterocycles. The minimum absolute atomic E-state index is 0.169. The zero-order valence-corrected chi connectivity index (χ0v) is 17.5. The van der Waals surface area contributed by atoms with E-state index in [0.29, 0.717) is 25.6 Å². The molecule has 29 heavy (non-hydrogen) atoms. The van der Waals surface area contributed by atoms with Gasteiger partial charge in [-0.05, 0) is 42.4 Å². The molecule has 0 aliphatic carbocycles.